The molecule has 134 valence electrons. The van der Waals surface area contributed by atoms with Crippen LogP contribution in [0.25, 0.3) is 16.7 Å². The van der Waals surface area contributed by atoms with Gasteiger partial charge in [-0.2, -0.15) is 4.99 Å². The number of hydrogen-bond donors (Lipinski definition) is 0. The van der Waals surface area contributed by atoms with Gasteiger partial charge in [-0.1, -0.05) is 34.8 Å². The predicted molar refractivity (Wildman–Crippen MR) is 108 cm³/mol. The third kappa shape index (κ3) is 3.54. The second kappa shape index (κ2) is 7.06. The smallest absolute Gasteiger partial charge is 0.310 e. The van der Waals surface area contributed by atoms with E-state index in [4.69, 9.17) is 27.6 Å². The maximum absolute atomic E-state index is 13.2. The van der Waals surface area contributed by atoms with Crippen LogP contribution in [0.1, 0.15) is 5.56 Å². The minimum absolute atomic E-state index is 0.168. The Hall–Kier alpha value is -2.82. The Labute approximate surface area is 164 Å². The fraction of sp³-hybridized carbons (Fsp3) is 0.0476. The van der Waals surface area contributed by atoms with Crippen molar-refractivity contribution in [2.45, 2.75) is 6.92 Å². The SMILES string of the molecule is Cc1ccc2oc(=Nc3ccc(Cl)cc3)n(-c3ccc(Cl)cc3)c(=O)c2c1. The third-order valence-electron chi connectivity index (χ3n) is 4.10. The van der Waals surface area contributed by atoms with Gasteiger partial charge in [0.1, 0.15) is 5.58 Å². The van der Waals surface area contributed by atoms with Gasteiger partial charge in [0, 0.05) is 10.0 Å². The van der Waals surface area contributed by atoms with Gasteiger partial charge in [0.15, 0.2) is 0 Å². The maximum atomic E-state index is 13.2. The molecule has 4 nitrogen and oxygen atoms in total. The van der Waals surface area contributed by atoms with Gasteiger partial charge in [-0.3, -0.25) is 4.79 Å². The van der Waals surface area contributed by atoms with E-state index in [0.29, 0.717) is 32.4 Å². The van der Waals surface area contributed by atoms with Gasteiger partial charge in [0.2, 0.25) is 0 Å². The minimum atomic E-state index is -0.213. The first-order valence-electron chi connectivity index (χ1n) is 8.24. The van der Waals surface area contributed by atoms with Crippen LogP contribution in [0.4, 0.5) is 5.69 Å². The summed E-state index contributed by atoms with van der Waals surface area (Å²) < 4.78 is 7.42. The molecule has 0 N–H and O–H groups in total. The molecule has 4 aromatic rings. The summed E-state index contributed by atoms with van der Waals surface area (Å²) in [5.41, 5.74) is 2.64. The highest BCUT2D eigenvalue weighted by molar-refractivity contribution is 6.30. The number of fused-ring (bicyclic) bond motifs is 1. The molecule has 4 rings (SSSR count). The molecule has 0 aliphatic rings. The minimum Gasteiger partial charge on any atom is -0.424 e. The van der Waals surface area contributed by atoms with Crippen molar-refractivity contribution in [2.75, 3.05) is 0 Å². The molecule has 0 radical (unpaired) electrons. The van der Waals surface area contributed by atoms with Crippen LogP contribution in [0.15, 0.2) is 80.9 Å². The molecule has 1 aromatic heterocycles. The van der Waals surface area contributed by atoms with Crippen molar-refractivity contribution in [3.63, 3.8) is 0 Å². The van der Waals surface area contributed by atoms with Crippen LogP contribution in [-0.2, 0) is 0 Å². The topological polar surface area (TPSA) is 47.5 Å². The molecule has 0 atom stereocenters. The molecule has 3 aromatic carbocycles. The lowest BCUT2D eigenvalue weighted by atomic mass is 10.2. The number of benzene rings is 3. The van der Waals surface area contributed by atoms with E-state index in [1.807, 2.05) is 13.0 Å². The summed E-state index contributed by atoms with van der Waals surface area (Å²) in [6, 6.07) is 19.4. The molecule has 1 heterocycles. The summed E-state index contributed by atoms with van der Waals surface area (Å²) in [6.45, 7) is 1.93. The number of hydrogen-bond acceptors (Lipinski definition) is 3. The summed E-state index contributed by atoms with van der Waals surface area (Å²) in [5, 5.41) is 1.67. The third-order valence-corrected chi connectivity index (χ3v) is 4.60. The highest BCUT2D eigenvalue weighted by Gasteiger charge is 2.11. The maximum Gasteiger partial charge on any atom is 0.310 e. The van der Waals surface area contributed by atoms with E-state index in [2.05, 4.69) is 4.99 Å². The Bertz CT molecular complexity index is 1250. The van der Waals surface area contributed by atoms with E-state index in [0.717, 1.165) is 5.56 Å². The van der Waals surface area contributed by atoms with Crippen molar-refractivity contribution < 1.29 is 4.42 Å². The van der Waals surface area contributed by atoms with Crippen LogP contribution in [0.3, 0.4) is 0 Å². The Morgan fingerprint density at radius 2 is 1.52 bits per heavy atom. The Morgan fingerprint density at radius 3 is 2.19 bits per heavy atom. The van der Waals surface area contributed by atoms with Crippen LogP contribution in [0, 0.1) is 6.92 Å². The number of aromatic nitrogens is 1. The predicted octanol–water partition coefficient (Wildman–Crippen LogP) is 5.43. The second-order valence-corrected chi connectivity index (χ2v) is 6.96. The highest BCUT2D eigenvalue weighted by Crippen LogP contribution is 2.17. The van der Waals surface area contributed by atoms with E-state index < -0.39 is 0 Å². The molecule has 0 unspecified atom stereocenters. The number of rotatable bonds is 2. The van der Waals surface area contributed by atoms with Gasteiger partial charge in [-0.25, -0.2) is 4.57 Å². The number of aryl methyl sites for hydroxylation is 1. The Balaban J connectivity index is 2.08. The highest BCUT2D eigenvalue weighted by atomic mass is 35.5. The molecular weight excluding hydrogens is 383 g/mol. The molecule has 0 amide bonds. The second-order valence-electron chi connectivity index (χ2n) is 6.09. The first-order valence-corrected chi connectivity index (χ1v) is 9.00. The lowest BCUT2D eigenvalue weighted by Crippen LogP contribution is -2.31. The summed E-state index contributed by atoms with van der Waals surface area (Å²) in [5.74, 6) is 0. The van der Waals surface area contributed by atoms with Crippen molar-refractivity contribution in [1.82, 2.24) is 4.57 Å². The molecular formula is C21H14Cl2N2O2. The largest absolute Gasteiger partial charge is 0.424 e. The summed E-state index contributed by atoms with van der Waals surface area (Å²) >= 11 is 11.9. The van der Waals surface area contributed by atoms with Gasteiger partial charge < -0.3 is 4.42 Å². The summed E-state index contributed by atoms with van der Waals surface area (Å²) in [7, 11) is 0. The molecule has 0 saturated carbocycles. The van der Waals surface area contributed by atoms with Gasteiger partial charge >= 0.3 is 5.68 Å². The average molecular weight is 397 g/mol. The van der Waals surface area contributed by atoms with Gasteiger partial charge in [-0.15, -0.1) is 0 Å². The molecule has 0 saturated heterocycles. The molecule has 27 heavy (non-hydrogen) atoms. The average Bonchev–Trinajstić information content (AvgIpc) is 2.66. The monoisotopic (exact) mass is 396 g/mol. The van der Waals surface area contributed by atoms with Gasteiger partial charge in [0.05, 0.1) is 16.8 Å². The van der Waals surface area contributed by atoms with Crippen molar-refractivity contribution >= 4 is 39.9 Å². The Morgan fingerprint density at radius 1 is 0.889 bits per heavy atom. The Kier molecular flexibility index (Phi) is 4.60. The van der Waals surface area contributed by atoms with Gasteiger partial charge in [0.25, 0.3) is 5.56 Å². The molecule has 0 aliphatic carbocycles. The zero-order valence-corrected chi connectivity index (χ0v) is 15.8. The zero-order chi connectivity index (χ0) is 19.0. The van der Waals surface area contributed by atoms with Crippen molar-refractivity contribution in [1.29, 1.82) is 0 Å². The van der Waals surface area contributed by atoms with Crippen molar-refractivity contribution in [3.8, 4) is 5.69 Å². The fourth-order valence-electron chi connectivity index (χ4n) is 2.77. The van der Waals surface area contributed by atoms with Gasteiger partial charge in [-0.05, 0) is 67.6 Å². The van der Waals surface area contributed by atoms with E-state index in [1.165, 1.54) is 4.57 Å². The van der Waals surface area contributed by atoms with Crippen LogP contribution in [-0.4, -0.2) is 4.57 Å². The van der Waals surface area contributed by atoms with Crippen LogP contribution < -0.4 is 11.2 Å². The number of nitrogens with zero attached hydrogens (tertiary/aromatic N) is 2. The van der Waals surface area contributed by atoms with Crippen molar-refractivity contribution in [3.05, 3.63) is 98.4 Å². The van der Waals surface area contributed by atoms with E-state index in [1.54, 1.807) is 60.7 Å². The van der Waals surface area contributed by atoms with Crippen LogP contribution in [0.5, 0.6) is 0 Å². The summed E-state index contributed by atoms with van der Waals surface area (Å²) in [4.78, 5) is 17.7. The molecule has 0 fully saturated rings. The molecule has 0 spiro atoms. The van der Waals surface area contributed by atoms with E-state index in [9.17, 15) is 4.79 Å². The van der Waals surface area contributed by atoms with Crippen molar-refractivity contribution in [2.24, 2.45) is 4.99 Å². The standard InChI is InChI=1S/C21H14Cl2N2O2/c1-13-2-11-19-18(12-13)20(26)25(17-9-5-15(23)6-10-17)21(27-19)24-16-7-3-14(22)4-8-16/h2-12H,1H3. The fourth-order valence-corrected chi connectivity index (χ4v) is 3.02. The number of halogens is 2. The van der Waals surface area contributed by atoms with Crippen LogP contribution in [0.2, 0.25) is 10.0 Å². The zero-order valence-electron chi connectivity index (χ0n) is 14.3. The molecule has 0 aliphatic heterocycles. The van der Waals surface area contributed by atoms with E-state index in [-0.39, 0.29) is 11.2 Å². The molecule has 6 heteroatoms. The van der Waals surface area contributed by atoms with E-state index >= 15 is 0 Å². The first-order chi connectivity index (χ1) is 13.0. The normalized spacial score (nSPS) is 11.9. The molecule has 0 bridgehead atoms. The first kappa shape index (κ1) is 17.6. The quantitative estimate of drug-likeness (QED) is 0.453. The van der Waals surface area contributed by atoms with Crippen LogP contribution >= 0.6 is 23.2 Å². The summed E-state index contributed by atoms with van der Waals surface area (Å²) in [6.07, 6.45) is 0. The lowest BCUT2D eigenvalue weighted by Gasteiger charge is -2.08. The lowest BCUT2D eigenvalue weighted by molar-refractivity contribution is 0.486.